The minimum atomic E-state index is -0.509. The van der Waals surface area contributed by atoms with E-state index in [1.807, 2.05) is 0 Å². The van der Waals surface area contributed by atoms with Crippen LogP contribution < -0.4 is 5.73 Å². The van der Waals surface area contributed by atoms with Crippen molar-refractivity contribution in [3.63, 3.8) is 0 Å². The molecule has 3 nitrogen and oxygen atoms in total. The van der Waals surface area contributed by atoms with Gasteiger partial charge < -0.3 is 15.9 Å². The SMILES string of the molecule is N[C@H](c1ccc(O)c(Cl)c1)[C@@H](O)C1CC1. The van der Waals surface area contributed by atoms with E-state index in [2.05, 4.69) is 0 Å². The lowest BCUT2D eigenvalue weighted by atomic mass is 9.99. The minimum absolute atomic E-state index is 0.0357. The molecule has 1 aromatic carbocycles. The molecule has 0 unspecified atom stereocenters. The molecule has 15 heavy (non-hydrogen) atoms. The van der Waals surface area contributed by atoms with Crippen LogP contribution in [-0.4, -0.2) is 16.3 Å². The molecule has 82 valence electrons. The highest BCUT2D eigenvalue weighted by Crippen LogP contribution is 2.38. The van der Waals surface area contributed by atoms with Crippen LogP contribution >= 0.6 is 11.6 Å². The largest absolute Gasteiger partial charge is 0.506 e. The molecular formula is C11H14ClNO2. The zero-order chi connectivity index (χ0) is 11.0. The highest BCUT2D eigenvalue weighted by atomic mass is 35.5. The fourth-order valence-electron chi connectivity index (χ4n) is 1.66. The summed E-state index contributed by atoms with van der Waals surface area (Å²) in [6.07, 6.45) is 1.58. The summed E-state index contributed by atoms with van der Waals surface area (Å²) < 4.78 is 0. The van der Waals surface area contributed by atoms with Crippen molar-refractivity contribution in [3.05, 3.63) is 28.8 Å². The maximum Gasteiger partial charge on any atom is 0.134 e. The number of phenols is 1. The van der Waals surface area contributed by atoms with Gasteiger partial charge in [0.05, 0.1) is 17.2 Å². The molecule has 0 spiro atoms. The van der Waals surface area contributed by atoms with E-state index >= 15 is 0 Å². The number of aromatic hydroxyl groups is 1. The number of aliphatic hydroxyl groups is 1. The number of rotatable bonds is 3. The quantitative estimate of drug-likeness (QED) is 0.738. The summed E-state index contributed by atoms with van der Waals surface area (Å²) in [5, 5.41) is 19.4. The van der Waals surface area contributed by atoms with Gasteiger partial charge in [0, 0.05) is 0 Å². The van der Waals surface area contributed by atoms with Gasteiger partial charge >= 0.3 is 0 Å². The molecule has 0 bridgehead atoms. The van der Waals surface area contributed by atoms with Crippen LogP contribution in [0.25, 0.3) is 0 Å². The van der Waals surface area contributed by atoms with Crippen molar-refractivity contribution in [2.75, 3.05) is 0 Å². The molecule has 1 saturated carbocycles. The molecule has 1 fully saturated rings. The molecule has 0 aliphatic heterocycles. The van der Waals surface area contributed by atoms with Crippen LogP contribution in [0, 0.1) is 5.92 Å². The monoisotopic (exact) mass is 227 g/mol. The highest BCUT2D eigenvalue weighted by molar-refractivity contribution is 6.32. The fourth-order valence-corrected chi connectivity index (χ4v) is 1.85. The number of aliphatic hydroxyl groups excluding tert-OH is 1. The Morgan fingerprint density at radius 2 is 2.07 bits per heavy atom. The molecule has 4 N–H and O–H groups in total. The third kappa shape index (κ3) is 2.25. The van der Waals surface area contributed by atoms with E-state index in [9.17, 15) is 10.2 Å². The van der Waals surface area contributed by atoms with E-state index in [1.165, 1.54) is 6.07 Å². The Labute approximate surface area is 93.5 Å². The van der Waals surface area contributed by atoms with E-state index < -0.39 is 12.1 Å². The van der Waals surface area contributed by atoms with Crippen LogP contribution in [0.3, 0.4) is 0 Å². The van der Waals surface area contributed by atoms with Crippen molar-refractivity contribution >= 4 is 11.6 Å². The Morgan fingerprint density at radius 3 is 2.60 bits per heavy atom. The number of hydrogen-bond donors (Lipinski definition) is 3. The highest BCUT2D eigenvalue weighted by Gasteiger charge is 2.34. The average Bonchev–Trinajstić information content (AvgIpc) is 3.03. The van der Waals surface area contributed by atoms with Crippen LogP contribution in [0.4, 0.5) is 0 Å². The average molecular weight is 228 g/mol. The second-order valence-corrected chi connectivity index (χ2v) is 4.47. The van der Waals surface area contributed by atoms with Gasteiger partial charge in [-0.25, -0.2) is 0 Å². The van der Waals surface area contributed by atoms with Gasteiger partial charge in [0.25, 0.3) is 0 Å². The molecule has 0 amide bonds. The summed E-state index contributed by atoms with van der Waals surface area (Å²) in [7, 11) is 0. The standard InChI is InChI=1S/C11H14ClNO2/c12-8-5-7(3-4-9(8)14)10(13)11(15)6-1-2-6/h3-6,10-11,14-15H,1-2,13H2/t10-,11+/m1/s1. The van der Waals surface area contributed by atoms with E-state index in [1.54, 1.807) is 12.1 Å². The second kappa shape index (κ2) is 4.00. The van der Waals surface area contributed by atoms with Gasteiger partial charge in [0.2, 0.25) is 0 Å². The molecule has 0 saturated heterocycles. The van der Waals surface area contributed by atoms with Gasteiger partial charge in [0.15, 0.2) is 0 Å². The number of benzene rings is 1. The Morgan fingerprint density at radius 1 is 1.40 bits per heavy atom. The zero-order valence-corrected chi connectivity index (χ0v) is 8.98. The minimum Gasteiger partial charge on any atom is -0.506 e. The van der Waals surface area contributed by atoms with E-state index in [0.29, 0.717) is 5.92 Å². The lowest BCUT2D eigenvalue weighted by molar-refractivity contribution is 0.122. The van der Waals surface area contributed by atoms with Crippen molar-refractivity contribution in [2.45, 2.75) is 25.0 Å². The van der Waals surface area contributed by atoms with Crippen molar-refractivity contribution in [2.24, 2.45) is 11.7 Å². The second-order valence-electron chi connectivity index (χ2n) is 4.06. The Bertz CT molecular complexity index is 366. The summed E-state index contributed by atoms with van der Waals surface area (Å²) in [5.74, 6) is 0.362. The molecule has 0 aromatic heterocycles. The lowest BCUT2D eigenvalue weighted by Crippen LogP contribution is -2.27. The maximum atomic E-state index is 9.84. The van der Waals surface area contributed by atoms with Crippen molar-refractivity contribution < 1.29 is 10.2 Å². The Kier molecular flexibility index (Phi) is 2.87. The van der Waals surface area contributed by atoms with Crippen LogP contribution in [0.15, 0.2) is 18.2 Å². The molecule has 2 rings (SSSR count). The van der Waals surface area contributed by atoms with Crippen LogP contribution in [0.1, 0.15) is 24.4 Å². The fraction of sp³-hybridized carbons (Fsp3) is 0.455. The number of halogens is 1. The zero-order valence-electron chi connectivity index (χ0n) is 8.23. The van der Waals surface area contributed by atoms with Gasteiger partial charge in [-0.15, -0.1) is 0 Å². The smallest absolute Gasteiger partial charge is 0.134 e. The van der Waals surface area contributed by atoms with Crippen LogP contribution in [-0.2, 0) is 0 Å². The summed E-state index contributed by atoms with van der Waals surface area (Å²) in [6.45, 7) is 0. The number of phenolic OH excluding ortho intramolecular Hbond substituents is 1. The molecular weight excluding hydrogens is 214 g/mol. The summed E-state index contributed by atoms with van der Waals surface area (Å²) >= 11 is 5.77. The van der Waals surface area contributed by atoms with Gasteiger partial charge in [0.1, 0.15) is 5.75 Å². The molecule has 1 aromatic rings. The molecule has 0 heterocycles. The normalized spacial score (nSPS) is 19.9. The first kappa shape index (κ1) is 10.7. The molecule has 2 atom stereocenters. The van der Waals surface area contributed by atoms with E-state index in [-0.39, 0.29) is 10.8 Å². The predicted octanol–water partition coefficient (Wildman–Crippen LogP) is 1.82. The number of hydrogen-bond acceptors (Lipinski definition) is 3. The van der Waals surface area contributed by atoms with Gasteiger partial charge in [-0.3, -0.25) is 0 Å². The van der Waals surface area contributed by atoms with Gasteiger partial charge in [-0.2, -0.15) is 0 Å². The van der Waals surface area contributed by atoms with E-state index in [4.69, 9.17) is 17.3 Å². The molecule has 4 heteroatoms. The summed E-state index contributed by atoms with van der Waals surface area (Å²) in [6, 6.07) is 4.37. The van der Waals surface area contributed by atoms with Crippen molar-refractivity contribution in [3.8, 4) is 5.75 Å². The van der Waals surface area contributed by atoms with Crippen LogP contribution in [0.2, 0.25) is 5.02 Å². The maximum absolute atomic E-state index is 9.84. The topological polar surface area (TPSA) is 66.5 Å². The molecule has 1 aliphatic rings. The first-order chi connectivity index (χ1) is 7.09. The van der Waals surface area contributed by atoms with Crippen molar-refractivity contribution in [1.82, 2.24) is 0 Å². The van der Waals surface area contributed by atoms with Gasteiger partial charge in [-0.1, -0.05) is 17.7 Å². The lowest BCUT2D eigenvalue weighted by Gasteiger charge is -2.19. The summed E-state index contributed by atoms with van der Waals surface area (Å²) in [5.41, 5.74) is 6.67. The molecule has 0 radical (unpaired) electrons. The Hall–Kier alpha value is -0.770. The first-order valence-electron chi connectivity index (χ1n) is 5.01. The summed E-state index contributed by atoms with van der Waals surface area (Å²) in [4.78, 5) is 0. The van der Waals surface area contributed by atoms with Crippen molar-refractivity contribution in [1.29, 1.82) is 0 Å². The van der Waals surface area contributed by atoms with E-state index in [0.717, 1.165) is 18.4 Å². The third-order valence-corrected chi connectivity index (χ3v) is 3.13. The third-order valence-electron chi connectivity index (χ3n) is 2.83. The Balaban J connectivity index is 2.17. The van der Waals surface area contributed by atoms with Gasteiger partial charge in [-0.05, 0) is 36.5 Å². The molecule has 1 aliphatic carbocycles. The van der Waals surface area contributed by atoms with Crippen LogP contribution in [0.5, 0.6) is 5.75 Å². The number of nitrogens with two attached hydrogens (primary N) is 1. The first-order valence-corrected chi connectivity index (χ1v) is 5.39. The predicted molar refractivity (Wildman–Crippen MR) is 58.8 cm³/mol.